The summed E-state index contributed by atoms with van der Waals surface area (Å²) in [4.78, 5) is 6.11. The van der Waals surface area contributed by atoms with Gasteiger partial charge in [0.05, 0.1) is 19.2 Å². The Balaban J connectivity index is 1.39. The third kappa shape index (κ3) is 4.76. The average molecular weight is 528 g/mol. The predicted molar refractivity (Wildman–Crippen MR) is 169 cm³/mol. The zero-order chi connectivity index (χ0) is 28.2. The van der Waals surface area contributed by atoms with Gasteiger partial charge in [-0.1, -0.05) is 84.9 Å². The van der Waals surface area contributed by atoms with Gasteiger partial charge in [-0.2, -0.15) is 5.26 Å². The molecule has 0 aliphatic carbocycles. The van der Waals surface area contributed by atoms with E-state index < -0.39 is 0 Å². The van der Waals surface area contributed by atoms with Crippen LogP contribution in [0, 0.1) is 17.9 Å². The Morgan fingerprint density at radius 1 is 0.683 bits per heavy atom. The van der Waals surface area contributed by atoms with Crippen LogP contribution in [0.4, 0.5) is 22.7 Å². The monoisotopic (exact) mass is 527 g/mol. The number of nitriles is 1. The topological polar surface area (TPSA) is 40.6 Å². The number of rotatable bonds is 6. The number of nitrogens with zero attached hydrogens (tertiary/aromatic N) is 3. The van der Waals surface area contributed by atoms with Gasteiger partial charge in [-0.3, -0.25) is 0 Å². The highest BCUT2D eigenvalue weighted by Crippen LogP contribution is 2.41. The first-order chi connectivity index (χ1) is 20.2. The SMILES string of the molecule is [C-]#[N+]c1c2ccccc2c(C#N)c2cccc(C=Cc3ccc(N(c4ccccc4)c4ccc(OC)cc4)cc3)c12. The lowest BCUT2D eigenvalue weighted by atomic mass is 9.92. The van der Waals surface area contributed by atoms with Crippen molar-refractivity contribution >= 4 is 56.4 Å². The molecule has 0 heterocycles. The van der Waals surface area contributed by atoms with Crippen LogP contribution in [0.15, 0.2) is 121 Å². The summed E-state index contributed by atoms with van der Waals surface area (Å²) in [5.74, 6) is 0.812. The first-order valence-corrected chi connectivity index (χ1v) is 13.2. The summed E-state index contributed by atoms with van der Waals surface area (Å²) < 4.78 is 5.36. The van der Waals surface area contributed by atoms with Crippen molar-refractivity contribution in [2.45, 2.75) is 0 Å². The Morgan fingerprint density at radius 2 is 1.29 bits per heavy atom. The normalized spacial score (nSPS) is 10.9. The van der Waals surface area contributed by atoms with Crippen LogP contribution in [0.3, 0.4) is 0 Å². The van der Waals surface area contributed by atoms with E-state index in [1.54, 1.807) is 7.11 Å². The van der Waals surface area contributed by atoms with E-state index in [4.69, 9.17) is 11.3 Å². The lowest BCUT2D eigenvalue weighted by Crippen LogP contribution is -2.09. The molecular formula is C37H25N3O. The molecule has 0 bridgehead atoms. The van der Waals surface area contributed by atoms with E-state index in [-0.39, 0.29) is 0 Å². The van der Waals surface area contributed by atoms with Crippen molar-refractivity contribution in [2.24, 2.45) is 0 Å². The van der Waals surface area contributed by atoms with E-state index in [0.29, 0.717) is 11.3 Å². The molecule has 0 aliphatic rings. The highest BCUT2D eigenvalue weighted by Gasteiger charge is 2.16. The van der Waals surface area contributed by atoms with Crippen molar-refractivity contribution in [3.05, 3.63) is 149 Å². The third-order valence-corrected chi connectivity index (χ3v) is 7.23. The molecule has 0 aliphatic heterocycles. The summed E-state index contributed by atoms with van der Waals surface area (Å²) in [6.07, 6.45) is 4.08. The second-order valence-electron chi connectivity index (χ2n) is 9.56. The second-order valence-corrected chi connectivity index (χ2v) is 9.56. The molecule has 0 saturated carbocycles. The number of hydrogen-bond donors (Lipinski definition) is 0. The number of anilines is 3. The second kappa shape index (κ2) is 11.1. The molecular weight excluding hydrogens is 502 g/mol. The number of para-hydroxylation sites is 1. The summed E-state index contributed by atoms with van der Waals surface area (Å²) in [5, 5.41) is 13.2. The first kappa shape index (κ1) is 25.4. The summed E-state index contributed by atoms with van der Waals surface area (Å²) >= 11 is 0. The molecule has 0 radical (unpaired) electrons. The maximum absolute atomic E-state index is 10.0. The van der Waals surface area contributed by atoms with Gasteiger partial charge >= 0.3 is 0 Å². The largest absolute Gasteiger partial charge is 0.497 e. The molecule has 6 aromatic rings. The van der Waals surface area contributed by atoms with Crippen LogP contribution < -0.4 is 9.64 Å². The van der Waals surface area contributed by atoms with E-state index in [0.717, 1.165) is 55.5 Å². The van der Waals surface area contributed by atoms with Crippen molar-refractivity contribution in [3.63, 3.8) is 0 Å². The molecule has 4 nitrogen and oxygen atoms in total. The van der Waals surface area contributed by atoms with E-state index in [1.807, 2.05) is 97.1 Å². The maximum atomic E-state index is 10.0. The minimum atomic E-state index is 0.572. The average Bonchev–Trinajstić information content (AvgIpc) is 3.04. The highest BCUT2D eigenvalue weighted by atomic mass is 16.5. The van der Waals surface area contributed by atoms with Crippen LogP contribution in [0.1, 0.15) is 16.7 Å². The number of benzene rings is 6. The Labute approximate surface area is 239 Å². The van der Waals surface area contributed by atoms with Gasteiger partial charge in [0, 0.05) is 17.1 Å². The highest BCUT2D eigenvalue weighted by molar-refractivity contribution is 6.17. The van der Waals surface area contributed by atoms with Crippen LogP contribution in [-0.4, -0.2) is 7.11 Å². The Hall–Kier alpha value is -5.84. The zero-order valence-electron chi connectivity index (χ0n) is 22.5. The fourth-order valence-electron chi connectivity index (χ4n) is 5.28. The summed E-state index contributed by atoms with van der Waals surface area (Å²) in [6, 6.07) is 42.6. The number of methoxy groups -OCH3 is 1. The van der Waals surface area contributed by atoms with Crippen molar-refractivity contribution in [1.29, 1.82) is 5.26 Å². The zero-order valence-corrected chi connectivity index (χ0v) is 22.5. The van der Waals surface area contributed by atoms with Crippen LogP contribution in [0.25, 0.3) is 38.5 Å². The summed E-state index contributed by atoms with van der Waals surface area (Å²) in [7, 11) is 1.67. The Morgan fingerprint density at radius 3 is 1.95 bits per heavy atom. The summed E-state index contributed by atoms with van der Waals surface area (Å²) in [5.41, 5.74) is 6.23. The molecule has 0 saturated heterocycles. The maximum Gasteiger partial charge on any atom is 0.203 e. The van der Waals surface area contributed by atoms with E-state index in [2.05, 4.69) is 52.2 Å². The van der Waals surface area contributed by atoms with E-state index in [1.165, 1.54) is 0 Å². The lowest BCUT2D eigenvalue weighted by Gasteiger charge is -2.25. The van der Waals surface area contributed by atoms with Crippen molar-refractivity contribution < 1.29 is 4.74 Å². The van der Waals surface area contributed by atoms with Gasteiger partial charge in [0.2, 0.25) is 5.69 Å². The van der Waals surface area contributed by atoms with Gasteiger partial charge in [-0.05, 0) is 81.2 Å². The van der Waals surface area contributed by atoms with Crippen LogP contribution in [0.2, 0.25) is 0 Å². The van der Waals surface area contributed by atoms with Crippen molar-refractivity contribution in [2.75, 3.05) is 12.0 Å². The van der Waals surface area contributed by atoms with Gasteiger partial charge in [-0.25, -0.2) is 4.85 Å². The van der Waals surface area contributed by atoms with Gasteiger partial charge in [0.15, 0.2) is 0 Å². The van der Waals surface area contributed by atoms with Crippen LogP contribution in [-0.2, 0) is 0 Å². The number of ether oxygens (including phenoxy) is 1. The van der Waals surface area contributed by atoms with Crippen molar-refractivity contribution in [1.82, 2.24) is 0 Å². The molecule has 0 fully saturated rings. The number of fused-ring (bicyclic) bond motifs is 2. The Bertz CT molecular complexity index is 1980. The van der Waals surface area contributed by atoms with Crippen molar-refractivity contribution in [3.8, 4) is 11.8 Å². The molecule has 0 N–H and O–H groups in total. The quantitative estimate of drug-likeness (QED) is 0.123. The fourth-order valence-corrected chi connectivity index (χ4v) is 5.28. The molecule has 0 amide bonds. The molecule has 0 spiro atoms. The van der Waals surface area contributed by atoms with Gasteiger partial charge in [0.25, 0.3) is 0 Å². The van der Waals surface area contributed by atoms with Gasteiger partial charge in [-0.15, -0.1) is 0 Å². The molecule has 0 atom stereocenters. The lowest BCUT2D eigenvalue weighted by molar-refractivity contribution is 0.415. The van der Waals surface area contributed by atoms with E-state index in [9.17, 15) is 5.26 Å². The van der Waals surface area contributed by atoms with Gasteiger partial charge < -0.3 is 9.64 Å². The molecule has 194 valence electrons. The van der Waals surface area contributed by atoms with E-state index >= 15 is 0 Å². The smallest absolute Gasteiger partial charge is 0.203 e. The number of hydrogen-bond acceptors (Lipinski definition) is 3. The molecule has 6 rings (SSSR count). The molecule has 0 aromatic heterocycles. The van der Waals surface area contributed by atoms with Crippen LogP contribution >= 0.6 is 0 Å². The standard InChI is InChI=1S/C37H25N3O/c1-39-37-34-13-7-6-12-32(34)35(25-38)33-14-8-9-27(36(33)37)18-15-26-16-19-29(20-17-26)40(28-10-4-3-5-11-28)30-21-23-31(41-2)24-22-30/h3-24H,2H3. The molecule has 0 unspecified atom stereocenters. The Kier molecular flexibility index (Phi) is 6.89. The summed E-state index contributed by atoms with van der Waals surface area (Å²) in [6.45, 7) is 7.96. The molecule has 4 heteroatoms. The molecule has 41 heavy (non-hydrogen) atoms. The predicted octanol–water partition coefficient (Wildman–Crippen LogP) is 10.1. The molecule has 6 aromatic carbocycles. The first-order valence-electron chi connectivity index (χ1n) is 13.2. The third-order valence-electron chi connectivity index (χ3n) is 7.23. The van der Waals surface area contributed by atoms with Gasteiger partial charge in [0.1, 0.15) is 11.8 Å². The minimum Gasteiger partial charge on any atom is -0.497 e. The fraction of sp³-hybridized carbons (Fsp3) is 0.0270. The minimum absolute atomic E-state index is 0.572. The van der Waals surface area contributed by atoms with Crippen LogP contribution in [0.5, 0.6) is 5.75 Å².